The van der Waals surface area contributed by atoms with E-state index < -0.39 is 6.10 Å². The Morgan fingerprint density at radius 3 is 2.14 bits per heavy atom. The summed E-state index contributed by atoms with van der Waals surface area (Å²) in [6.45, 7) is -0.135. The van der Waals surface area contributed by atoms with E-state index in [1.165, 1.54) is 0 Å². The molecule has 0 aliphatic heterocycles. The Hall–Kier alpha value is 1.35. The van der Waals surface area contributed by atoms with Gasteiger partial charge in [0.05, 0.1) is 12.7 Å². The molecule has 0 fully saturated rings. The summed E-state index contributed by atoms with van der Waals surface area (Å²) in [5.74, 6) is 0. The molecule has 0 aromatic rings. The minimum atomic E-state index is -0.546. The van der Waals surface area contributed by atoms with Crippen molar-refractivity contribution < 1.29 is 41.2 Å². The van der Waals surface area contributed by atoms with Crippen LogP contribution in [0.5, 0.6) is 0 Å². The Kier molecular flexibility index (Phi) is 11.7. The van der Waals surface area contributed by atoms with Crippen molar-refractivity contribution in [3.05, 3.63) is 0 Å². The third kappa shape index (κ3) is 7.35. The number of hydrogen-bond acceptors (Lipinski definition) is 2. The topological polar surface area (TPSA) is 40.5 Å². The SMILES string of the molecule is OCC(O)CP.[H-].[Na+]. The molecule has 40 valence electrons. The smallest absolute Gasteiger partial charge is 1.00 e. The molecule has 0 saturated carbocycles. The van der Waals surface area contributed by atoms with Crippen LogP contribution >= 0.6 is 9.24 Å². The Labute approximate surface area is 69.3 Å². The summed E-state index contributed by atoms with van der Waals surface area (Å²) in [7, 11) is 2.33. The molecule has 4 heteroatoms. The van der Waals surface area contributed by atoms with Crippen molar-refractivity contribution in [3.8, 4) is 0 Å². The van der Waals surface area contributed by atoms with Crippen LogP contribution < -0.4 is 29.6 Å². The average molecular weight is 132 g/mol. The van der Waals surface area contributed by atoms with Gasteiger partial charge in [-0.05, 0) is 6.16 Å². The van der Waals surface area contributed by atoms with E-state index in [0.717, 1.165) is 0 Å². The molecule has 0 aliphatic carbocycles. The Morgan fingerprint density at radius 2 is 2.14 bits per heavy atom. The third-order valence-corrected chi connectivity index (χ3v) is 1.03. The van der Waals surface area contributed by atoms with Gasteiger partial charge in [0, 0.05) is 0 Å². The van der Waals surface area contributed by atoms with Gasteiger partial charge in [-0.25, -0.2) is 0 Å². The third-order valence-electron chi connectivity index (χ3n) is 0.483. The molecule has 0 radical (unpaired) electrons. The van der Waals surface area contributed by atoms with E-state index in [1.807, 2.05) is 0 Å². The fourth-order valence-electron chi connectivity index (χ4n) is 0.0745. The van der Waals surface area contributed by atoms with Gasteiger partial charge in [-0.2, -0.15) is 0 Å². The first-order valence-electron chi connectivity index (χ1n) is 1.80. The minimum Gasteiger partial charge on any atom is -1.00 e. The molecule has 2 nitrogen and oxygen atoms in total. The van der Waals surface area contributed by atoms with Crippen molar-refractivity contribution in [1.29, 1.82) is 0 Å². The van der Waals surface area contributed by atoms with Crippen molar-refractivity contribution >= 4 is 9.24 Å². The summed E-state index contributed by atoms with van der Waals surface area (Å²) in [4.78, 5) is 0. The second-order valence-corrected chi connectivity index (χ2v) is 1.54. The summed E-state index contributed by atoms with van der Waals surface area (Å²) >= 11 is 0. The van der Waals surface area contributed by atoms with Crippen LogP contribution in [0.3, 0.4) is 0 Å². The summed E-state index contributed by atoms with van der Waals surface area (Å²) in [6, 6.07) is 0. The molecule has 0 spiro atoms. The maximum Gasteiger partial charge on any atom is 1.00 e. The van der Waals surface area contributed by atoms with Crippen molar-refractivity contribution in [2.45, 2.75) is 6.10 Å². The quantitative estimate of drug-likeness (QED) is 0.300. The number of rotatable bonds is 2. The van der Waals surface area contributed by atoms with E-state index in [4.69, 9.17) is 10.2 Å². The van der Waals surface area contributed by atoms with Crippen molar-refractivity contribution in [2.24, 2.45) is 0 Å². The average Bonchev–Trinajstić information content (AvgIpc) is 1.65. The predicted molar refractivity (Wildman–Crippen MR) is 28.8 cm³/mol. The van der Waals surface area contributed by atoms with Gasteiger partial charge in [0.25, 0.3) is 0 Å². The van der Waals surface area contributed by atoms with E-state index in [9.17, 15) is 0 Å². The minimum absolute atomic E-state index is 0. The Bertz CT molecular complexity index is 36.5. The van der Waals surface area contributed by atoms with Crippen LogP contribution in [-0.4, -0.2) is 29.1 Å². The van der Waals surface area contributed by atoms with Gasteiger partial charge in [0.1, 0.15) is 0 Å². The first-order valence-corrected chi connectivity index (χ1v) is 2.62. The molecule has 0 heterocycles. The summed E-state index contributed by atoms with van der Waals surface area (Å²) in [5.41, 5.74) is 0. The molecule has 2 N–H and O–H groups in total. The Morgan fingerprint density at radius 1 is 1.71 bits per heavy atom. The van der Waals surface area contributed by atoms with Crippen LogP contribution in [0.25, 0.3) is 0 Å². The molecule has 0 rings (SSSR count). The van der Waals surface area contributed by atoms with Crippen molar-refractivity contribution in [3.63, 3.8) is 0 Å². The molecule has 0 amide bonds. The monoisotopic (exact) mass is 132 g/mol. The first-order chi connectivity index (χ1) is 2.81. The van der Waals surface area contributed by atoms with Gasteiger partial charge in [-0.1, -0.05) is 0 Å². The molecule has 0 aromatic carbocycles. The molecule has 0 saturated heterocycles. The zero-order valence-corrected chi connectivity index (χ0v) is 7.62. The van der Waals surface area contributed by atoms with Gasteiger partial charge in [-0.3, -0.25) is 0 Å². The van der Waals surface area contributed by atoms with E-state index in [-0.39, 0.29) is 37.6 Å². The number of aliphatic hydroxyl groups is 2. The zero-order valence-electron chi connectivity index (χ0n) is 5.46. The van der Waals surface area contributed by atoms with Gasteiger partial charge >= 0.3 is 29.6 Å². The second-order valence-electron chi connectivity index (χ2n) is 1.07. The van der Waals surface area contributed by atoms with Crippen molar-refractivity contribution in [1.82, 2.24) is 0 Å². The molecule has 0 aromatic heterocycles. The largest absolute Gasteiger partial charge is 1.00 e. The first kappa shape index (κ1) is 11.2. The summed E-state index contributed by atoms with van der Waals surface area (Å²) in [6.07, 6.45) is 0.00579. The standard InChI is InChI=1S/C3H9O2P.Na.H/c4-1-3(5)2-6;;/h3-5H,1-2,6H2;;/q;+1;-1. The van der Waals surface area contributed by atoms with Crippen LogP contribution in [-0.2, 0) is 0 Å². The van der Waals surface area contributed by atoms with Crippen LogP contribution in [0, 0.1) is 0 Å². The van der Waals surface area contributed by atoms with Crippen LogP contribution in [0.2, 0.25) is 0 Å². The molecule has 2 unspecified atom stereocenters. The van der Waals surface area contributed by atoms with E-state index >= 15 is 0 Å². The van der Waals surface area contributed by atoms with E-state index in [2.05, 4.69) is 9.24 Å². The van der Waals surface area contributed by atoms with Gasteiger partial charge in [-0.15, -0.1) is 9.24 Å². The molecule has 0 bridgehead atoms. The van der Waals surface area contributed by atoms with Gasteiger partial charge in [0.15, 0.2) is 0 Å². The normalized spacial score (nSPS) is 12.4. The second kappa shape index (κ2) is 7.35. The maximum atomic E-state index is 8.40. The molecule has 0 aliphatic rings. The number of aliphatic hydroxyl groups excluding tert-OH is 2. The van der Waals surface area contributed by atoms with Crippen LogP contribution in [0.15, 0.2) is 0 Å². The van der Waals surface area contributed by atoms with Crippen LogP contribution in [0.1, 0.15) is 1.43 Å². The van der Waals surface area contributed by atoms with E-state index in [0.29, 0.717) is 6.16 Å². The molecular formula is C3H10NaO2P. The molecule has 7 heavy (non-hydrogen) atoms. The van der Waals surface area contributed by atoms with Gasteiger partial charge in [0.2, 0.25) is 0 Å². The van der Waals surface area contributed by atoms with Gasteiger partial charge < -0.3 is 11.6 Å². The molecule has 2 atom stereocenters. The van der Waals surface area contributed by atoms with E-state index in [1.54, 1.807) is 0 Å². The predicted octanol–water partition coefficient (Wildman–Crippen LogP) is -3.67. The summed E-state index contributed by atoms with van der Waals surface area (Å²) in [5, 5.41) is 16.5. The molecular weight excluding hydrogens is 122 g/mol. The number of hydrogen-bond donors (Lipinski definition) is 2. The fourth-order valence-corrected chi connectivity index (χ4v) is 0.224. The van der Waals surface area contributed by atoms with Crippen LogP contribution in [0.4, 0.5) is 0 Å². The Balaban J connectivity index is -0.000000125. The maximum absolute atomic E-state index is 8.40. The van der Waals surface area contributed by atoms with Crippen molar-refractivity contribution in [2.75, 3.05) is 12.8 Å². The fraction of sp³-hybridized carbons (Fsp3) is 1.00. The summed E-state index contributed by atoms with van der Waals surface area (Å²) < 4.78 is 0. The zero-order chi connectivity index (χ0) is 4.99.